The van der Waals surface area contributed by atoms with Gasteiger partial charge in [-0.25, -0.2) is 0 Å². The number of thiocarbonyl (C=S) groups is 1. The van der Waals surface area contributed by atoms with E-state index in [4.69, 9.17) is 33.5 Å². The number of aromatic nitrogens is 2. The van der Waals surface area contributed by atoms with Gasteiger partial charge in [-0.1, -0.05) is 23.7 Å². The Kier molecular flexibility index (Phi) is 7.06. The van der Waals surface area contributed by atoms with Crippen LogP contribution in [0.2, 0.25) is 5.02 Å². The smallest absolute Gasteiger partial charge is 0.174 e. The Labute approximate surface area is 240 Å². The molecule has 2 aromatic heterocycles. The van der Waals surface area contributed by atoms with E-state index < -0.39 is 0 Å². The monoisotopic (exact) mass is 557 g/mol. The van der Waals surface area contributed by atoms with Crippen molar-refractivity contribution in [1.82, 2.24) is 14.9 Å². The van der Waals surface area contributed by atoms with Crippen LogP contribution in [0.3, 0.4) is 0 Å². The van der Waals surface area contributed by atoms with Gasteiger partial charge in [0.25, 0.3) is 0 Å². The highest BCUT2D eigenvalue weighted by Gasteiger charge is 2.42. The number of hydrogen-bond acceptors (Lipinski definition) is 4. The summed E-state index contributed by atoms with van der Waals surface area (Å²) in [6, 6.07) is 22.9. The molecule has 0 spiro atoms. The number of aryl methyl sites for hydroxylation is 2. The van der Waals surface area contributed by atoms with E-state index in [1.807, 2.05) is 30.5 Å². The summed E-state index contributed by atoms with van der Waals surface area (Å²) in [6.07, 6.45) is 1.84. The lowest BCUT2D eigenvalue weighted by molar-refractivity contribution is 0.122. The highest BCUT2D eigenvalue weighted by molar-refractivity contribution is 7.80. The fraction of sp³-hybridized carbons (Fsp3) is 0.290. The van der Waals surface area contributed by atoms with Crippen molar-refractivity contribution in [2.75, 3.05) is 36.1 Å². The van der Waals surface area contributed by atoms with Gasteiger partial charge in [0.15, 0.2) is 5.11 Å². The van der Waals surface area contributed by atoms with Gasteiger partial charge in [-0.2, -0.15) is 0 Å². The van der Waals surface area contributed by atoms with Gasteiger partial charge in [-0.05, 0) is 98.7 Å². The first-order valence-electron chi connectivity index (χ1n) is 13.3. The standard InChI is InChI=1S/C31H32ClN5OS/c1-20-7-8-23(32)19-28(20)36-21(2)18-26(22(36)3)30-29(27-6-4-5-13-33-27)34-31(39)37(30)25-11-9-24(10-12-25)35-14-16-38-17-15-35/h4-13,18-19,29-30H,14-17H2,1-3H3,(H,34,39). The van der Waals surface area contributed by atoms with Crippen LogP contribution < -0.4 is 15.1 Å². The summed E-state index contributed by atoms with van der Waals surface area (Å²) in [5, 5.41) is 5.02. The van der Waals surface area contributed by atoms with Crippen LogP contribution in [0.5, 0.6) is 0 Å². The zero-order valence-electron chi connectivity index (χ0n) is 22.4. The number of benzene rings is 2. The normalized spacial score (nSPS) is 19.4. The van der Waals surface area contributed by atoms with Crippen molar-refractivity contribution in [2.45, 2.75) is 32.9 Å². The van der Waals surface area contributed by atoms with Gasteiger partial charge >= 0.3 is 0 Å². The van der Waals surface area contributed by atoms with E-state index in [1.165, 1.54) is 16.8 Å². The number of hydrogen-bond donors (Lipinski definition) is 1. The Morgan fingerprint density at radius 1 is 0.949 bits per heavy atom. The van der Waals surface area contributed by atoms with E-state index in [2.05, 4.69) is 82.9 Å². The molecule has 6 rings (SSSR count). The van der Waals surface area contributed by atoms with Crippen molar-refractivity contribution in [1.29, 1.82) is 0 Å². The second-order valence-electron chi connectivity index (χ2n) is 10.2. The van der Waals surface area contributed by atoms with Crippen molar-refractivity contribution in [3.8, 4) is 5.69 Å². The minimum atomic E-state index is -0.105. The molecule has 0 radical (unpaired) electrons. The first-order valence-corrected chi connectivity index (χ1v) is 14.1. The van der Waals surface area contributed by atoms with E-state index in [-0.39, 0.29) is 12.1 Å². The van der Waals surface area contributed by atoms with Crippen molar-refractivity contribution in [3.63, 3.8) is 0 Å². The van der Waals surface area contributed by atoms with E-state index in [9.17, 15) is 0 Å². The Balaban J connectivity index is 1.45. The molecule has 0 bridgehead atoms. The van der Waals surface area contributed by atoms with Gasteiger partial charge in [0.05, 0.1) is 31.0 Å². The van der Waals surface area contributed by atoms with Gasteiger partial charge in [0, 0.05) is 52.8 Å². The molecule has 4 aromatic rings. The predicted octanol–water partition coefficient (Wildman–Crippen LogP) is 6.46. The third kappa shape index (κ3) is 4.80. The van der Waals surface area contributed by atoms with Crippen molar-refractivity contribution in [2.24, 2.45) is 0 Å². The fourth-order valence-corrected chi connectivity index (χ4v) is 6.39. The lowest BCUT2D eigenvalue weighted by Gasteiger charge is -2.31. The number of nitrogens with zero attached hydrogens (tertiary/aromatic N) is 4. The lowest BCUT2D eigenvalue weighted by atomic mass is 9.96. The summed E-state index contributed by atoms with van der Waals surface area (Å²) in [7, 11) is 0. The molecule has 2 aliphatic heterocycles. The molecule has 1 N–H and O–H groups in total. The van der Waals surface area contributed by atoms with Crippen LogP contribution in [0.4, 0.5) is 11.4 Å². The summed E-state index contributed by atoms with van der Waals surface area (Å²) in [6.45, 7) is 9.78. The van der Waals surface area contributed by atoms with E-state index in [0.717, 1.165) is 59.8 Å². The number of rotatable bonds is 5. The molecule has 200 valence electrons. The largest absolute Gasteiger partial charge is 0.378 e. The summed E-state index contributed by atoms with van der Waals surface area (Å²) in [4.78, 5) is 9.33. The Hall–Kier alpha value is -3.39. The summed E-state index contributed by atoms with van der Waals surface area (Å²) >= 11 is 12.4. The molecule has 2 atom stereocenters. The van der Waals surface area contributed by atoms with E-state index in [0.29, 0.717) is 5.11 Å². The van der Waals surface area contributed by atoms with Gasteiger partial charge < -0.3 is 24.4 Å². The van der Waals surface area contributed by atoms with Crippen LogP contribution in [0, 0.1) is 20.8 Å². The molecule has 8 heteroatoms. The SMILES string of the molecule is Cc1ccc(Cl)cc1-n1c(C)cc(C2C(c3ccccn3)NC(=S)N2c2ccc(N3CCOCC3)cc2)c1C. The Morgan fingerprint density at radius 2 is 1.69 bits per heavy atom. The minimum Gasteiger partial charge on any atom is -0.378 e. The molecule has 2 saturated heterocycles. The van der Waals surface area contributed by atoms with Crippen LogP contribution >= 0.6 is 23.8 Å². The second-order valence-corrected chi connectivity index (χ2v) is 11.0. The van der Waals surface area contributed by atoms with Crippen LogP contribution in [0.1, 0.15) is 40.3 Å². The molecular formula is C31H32ClN5OS. The molecule has 4 heterocycles. The zero-order valence-corrected chi connectivity index (χ0v) is 24.0. The van der Waals surface area contributed by atoms with Gasteiger partial charge in [-0.15, -0.1) is 0 Å². The number of morpholine rings is 1. The molecule has 2 aliphatic rings. The molecule has 39 heavy (non-hydrogen) atoms. The van der Waals surface area contributed by atoms with Gasteiger partial charge in [0.2, 0.25) is 0 Å². The predicted molar refractivity (Wildman–Crippen MR) is 162 cm³/mol. The average Bonchev–Trinajstić information content (AvgIpc) is 3.45. The van der Waals surface area contributed by atoms with E-state index >= 15 is 0 Å². The van der Waals surface area contributed by atoms with Crippen molar-refractivity contribution in [3.05, 3.63) is 106 Å². The third-order valence-electron chi connectivity index (χ3n) is 7.80. The minimum absolute atomic E-state index is 0.0823. The summed E-state index contributed by atoms with van der Waals surface area (Å²) in [5.41, 5.74) is 8.98. The highest BCUT2D eigenvalue weighted by atomic mass is 35.5. The Morgan fingerprint density at radius 3 is 2.41 bits per heavy atom. The number of halogens is 1. The molecule has 2 aromatic carbocycles. The van der Waals surface area contributed by atoms with Gasteiger partial charge in [0.1, 0.15) is 0 Å². The van der Waals surface area contributed by atoms with E-state index in [1.54, 1.807) is 0 Å². The highest BCUT2D eigenvalue weighted by Crippen LogP contribution is 2.44. The lowest BCUT2D eigenvalue weighted by Crippen LogP contribution is -2.36. The number of anilines is 2. The fourth-order valence-electron chi connectivity index (χ4n) is 5.88. The second kappa shape index (κ2) is 10.6. The topological polar surface area (TPSA) is 45.6 Å². The summed E-state index contributed by atoms with van der Waals surface area (Å²) in [5.74, 6) is 0. The zero-order chi connectivity index (χ0) is 27.1. The van der Waals surface area contributed by atoms with Gasteiger partial charge in [-0.3, -0.25) is 4.98 Å². The summed E-state index contributed by atoms with van der Waals surface area (Å²) < 4.78 is 7.83. The first-order chi connectivity index (χ1) is 18.9. The maximum Gasteiger partial charge on any atom is 0.174 e. The molecule has 0 aliphatic carbocycles. The molecule has 2 fully saturated rings. The average molecular weight is 558 g/mol. The maximum atomic E-state index is 6.43. The molecule has 2 unspecified atom stereocenters. The van der Waals surface area contributed by atoms with Crippen LogP contribution in [0.15, 0.2) is 72.9 Å². The quantitative estimate of drug-likeness (QED) is 0.284. The molecule has 6 nitrogen and oxygen atoms in total. The van der Waals surface area contributed by atoms with Crippen LogP contribution in [0.25, 0.3) is 5.69 Å². The molecule has 0 amide bonds. The molecular weight excluding hydrogens is 526 g/mol. The number of nitrogens with one attached hydrogen (secondary N) is 1. The number of ether oxygens (including phenoxy) is 1. The third-order valence-corrected chi connectivity index (χ3v) is 8.35. The van der Waals surface area contributed by atoms with Crippen LogP contribution in [-0.2, 0) is 4.74 Å². The van der Waals surface area contributed by atoms with Crippen molar-refractivity contribution >= 4 is 40.3 Å². The maximum absolute atomic E-state index is 6.43. The Bertz CT molecular complexity index is 1500. The molecule has 0 saturated carbocycles. The first kappa shape index (κ1) is 25.9. The van der Waals surface area contributed by atoms with Crippen LogP contribution in [-0.4, -0.2) is 41.0 Å². The number of pyridine rings is 1. The van der Waals surface area contributed by atoms with Crippen molar-refractivity contribution < 1.29 is 4.74 Å².